The van der Waals surface area contributed by atoms with Gasteiger partial charge in [0.25, 0.3) is 0 Å². The summed E-state index contributed by atoms with van der Waals surface area (Å²) in [5.74, 6) is -1.13. The predicted molar refractivity (Wildman–Crippen MR) is 67.3 cm³/mol. The van der Waals surface area contributed by atoms with Crippen LogP contribution in [0.25, 0.3) is 0 Å². The van der Waals surface area contributed by atoms with Crippen molar-refractivity contribution in [3.8, 4) is 0 Å². The SMILES string of the molecule is OCC1(Cc2c(F)ccc(Br)c2F)CCOCC1. The second-order valence-corrected chi connectivity index (χ2v) is 5.62. The van der Waals surface area contributed by atoms with Gasteiger partial charge in [0.05, 0.1) is 4.47 Å². The number of aliphatic hydroxyl groups excluding tert-OH is 1. The summed E-state index contributed by atoms with van der Waals surface area (Å²) in [6.07, 6.45) is 1.44. The highest BCUT2D eigenvalue weighted by molar-refractivity contribution is 9.10. The molecule has 1 aromatic carbocycles. The molecule has 1 aromatic rings. The lowest BCUT2D eigenvalue weighted by Crippen LogP contribution is -2.35. The van der Waals surface area contributed by atoms with Crippen LogP contribution in [0.3, 0.4) is 0 Å². The van der Waals surface area contributed by atoms with E-state index < -0.39 is 17.0 Å². The molecule has 1 saturated heterocycles. The summed E-state index contributed by atoms with van der Waals surface area (Å²) in [7, 11) is 0. The molecule has 0 unspecified atom stereocenters. The summed E-state index contributed by atoms with van der Waals surface area (Å²) >= 11 is 3.06. The van der Waals surface area contributed by atoms with Crippen molar-refractivity contribution in [1.29, 1.82) is 0 Å². The van der Waals surface area contributed by atoms with E-state index >= 15 is 0 Å². The first-order valence-corrected chi connectivity index (χ1v) is 6.68. The molecule has 0 bridgehead atoms. The van der Waals surface area contributed by atoms with Gasteiger partial charge in [-0.15, -0.1) is 0 Å². The van der Waals surface area contributed by atoms with E-state index in [0.717, 1.165) is 0 Å². The van der Waals surface area contributed by atoms with Gasteiger partial charge in [0.2, 0.25) is 0 Å². The van der Waals surface area contributed by atoms with Gasteiger partial charge in [-0.05, 0) is 47.3 Å². The maximum Gasteiger partial charge on any atom is 0.143 e. The van der Waals surface area contributed by atoms with Gasteiger partial charge >= 0.3 is 0 Å². The average Bonchev–Trinajstić information content (AvgIpc) is 2.40. The summed E-state index contributed by atoms with van der Waals surface area (Å²) < 4.78 is 33.1. The molecule has 1 aliphatic rings. The van der Waals surface area contributed by atoms with Crippen LogP contribution in [0.5, 0.6) is 0 Å². The topological polar surface area (TPSA) is 29.5 Å². The summed E-state index contributed by atoms with van der Waals surface area (Å²) in [5.41, 5.74) is -0.430. The van der Waals surface area contributed by atoms with Crippen molar-refractivity contribution in [2.24, 2.45) is 5.41 Å². The maximum absolute atomic E-state index is 13.9. The molecule has 0 aromatic heterocycles. The molecule has 0 atom stereocenters. The Balaban J connectivity index is 2.29. The number of benzene rings is 1. The minimum atomic E-state index is -0.575. The van der Waals surface area contributed by atoms with Crippen molar-refractivity contribution in [3.63, 3.8) is 0 Å². The Morgan fingerprint density at radius 3 is 2.56 bits per heavy atom. The van der Waals surface area contributed by atoms with E-state index in [4.69, 9.17) is 4.74 Å². The molecule has 100 valence electrons. The predicted octanol–water partition coefficient (Wildman–Crippen LogP) is 3.06. The van der Waals surface area contributed by atoms with E-state index in [2.05, 4.69) is 15.9 Å². The molecule has 0 amide bonds. The van der Waals surface area contributed by atoms with E-state index in [9.17, 15) is 13.9 Å². The van der Waals surface area contributed by atoms with Crippen LogP contribution >= 0.6 is 15.9 Å². The third-order valence-electron chi connectivity index (χ3n) is 3.58. The number of hydrogen-bond acceptors (Lipinski definition) is 2. The van der Waals surface area contributed by atoms with Crippen molar-refractivity contribution in [3.05, 3.63) is 33.8 Å². The second-order valence-electron chi connectivity index (χ2n) is 4.77. The summed E-state index contributed by atoms with van der Waals surface area (Å²) in [6, 6.07) is 2.59. The van der Waals surface area contributed by atoms with E-state index in [-0.39, 0.29) is 23.1 Å². The summed E-state index contributed by atoms with van der Waals surface area (Å²) in [5, 5.41) is 9.54. The first-order valence-electron chi connectivity index (χ1n) is 5.89. The van der Waals surface area contributed by atoms with Gasteiger partial charge in [0, 0.05) is 30.8 Å². The van der Waals surface area contributed by atoms with E-state index in [1.54, 1.807) is 0 Å². The van der Waals surface area contributed by atoms with Crippen LogP contribution in [0.4, 0.5) is 8.78 Å². The lowest BCUT2D eigenvalue weighted by atomic mass is 9.76. The highest BCUT2D eigenvalue weighted by Crippen LogP contribution is 2.36. The molecule has 2 rings (SSSR count). The Labute approximate surface area is 113 Å². The standard InChI is InChI=1S/C13H15BrF2O2/c14-10-1-2-11(15)9(12(10)16)7-13(8-17)3-5-18-6-4-13/h1-2,17H,3-8H2. The lowest BCUT2D eigenvalue weighted by Gasteiger charge is -2.35. The Morgan fingerprint density at radius 2 is 1.94 bits per heavy atom. The fourth-order valence-electron chi connectivity index (χ4n) is 2.30. The van der Waals surface area contributed by atoms with Gasteiger partial charge < -0.3 is 9.84 Å². The van der Waals surface area contributed by atoms with Gasteiger partial charge in [-0.2, -0.15) is 0 Å². The maximum atomic E-state index is 13.9. The third-order valence-corrected chi connectivity index (χ3v) is 4.19. The van der Waals surface area contributed by atoms with Gasteiger partial charge in [0.1, 0.15) is 11.6 Å². The smallest absolute Gasteiger partial charge is 0.143 e. The zero-order valence-corrected chi connectivity index (χ0v) is 11.5. The quantitative estimate of drug-likeness (QED) is 0.867. The van der Waals surface area contributed by atoms with E-state index in [0.29, 0.717) is 26.1 Å². The van der Waals surface area contributed by atoms with Crippen molar-refractivity contribution < 1.29 is 18.6 Å². The minimum Gasteiger partial charge on any atom is -0.396 e. The molecule has 0 aliphatic carbocycles. The molecule has 5 heteroatoms. The zero-order chi connectivity index (χ0) is 13.2. The Kier molecular flexibility index (Phi) is 4.35. The Hall–Kier alpha value is -0.520. The minimum absolute atomic E-state index is 0.0420. The molecule has 2 nitrogen and oxygen atoms in total. The number of hydrogen-bond donors (Lipinski definition) is 1. The molecule has 1 N–H and O–H groups in total. The van der Waals surface area contributed by atoms with Crippen LogP contribution in [0.2, 0.25) is 0 Å². The first-order chi connectivity index (χ1) is 8.58. The lowest BCUT2D eigenvalue weighted by molar-refractivity contribution is -0.0165. The average molecular weight is 321 g/mol. The van der Waals surface area contributed by atoms with Crippen LogP contribution in [-0.2, 0) is 11.2 Å². The normalized spacial score (nSPS) is 18.9. The fourth-order valence-corrected chi connectivity index (χ4v) is 2.67. The highest BCUT2D eigenvalue weighted by atomic mass is 79.9. The second kappa shape index (κ2) is 5.63. The monoisotopic (exact) mass is 320 g/mol. The number of aliphatic hydroxyl groups is 1. The van der Waals surface area contributed by atoms with E-state index in [1.165, 1.54) is 12.1 Å². The Bertz CT molecular complexity index is 431. The molecule has 18 heavy (non-hydrogen) atoms. The van der Waals surface area contributed by atoms with Crippen LogP contribution in [-0.4, -0.2) is 24.9 Å². The van der Waals surface area contributed by atoms with Crippen LogP contribution < -0.4 is 0 Å². The molecule has 0 saturated carbocycles. The molecule has 1 aliphatic heterocycles. The number of halogens is 3. The van der Waals surface area contributed by atoms with E-state index in [1.807, 2.05) is 0 Å². The van der Waals surface area contributed by atoms with Gasteiger partial charge in [-0.25, -0.2) is 8.78 Å². The largest absolute Gasteiger partial charge is 0.396 e. The first kappa shape index (κ1) is 13.9. The van der Waals surface area contributed by atoms with Crippen molar-refractivity contribution in [2.75, 3.05) is 19.8 Å². The fraction of sp³-hybridized carbons (Fsp3) is 0.538. The zero-order valence-electron chi connectivity index (χ0n) is 9.89. The molecule has 1 fully saturated rings. The molecule has 0 radical (unpaired) electrons. The van der Waals surface area contributed by atoms with Gasteiger partial charge in [0.15, 0.2) is 0 Å². The summed E-state index contributed by atoms with van der Waals surface area (Å²) in [4.78, 5) is 0. The third kappa shape index (κ3) is 2.73. The van der Waals surface area contributed by atoms with Crippen molar-refractivity contribution in [2.45, 2.75) is 19.3 Å². The van der Waals surface area contributed by atoms with Crippen molar-refractivity contribution in [1.82, 2.24) is 0 Å². The number of rotatable bonds is 3. The molecular formula is C13H15BrF2O2. The molecule has 0 spiro atoms. The summed E-state index contributed by atoms with van der Waals surface area (Å²) in [6.45, 7) is 0.970. The molecule has 1 heterocycles. The van der Waals surface area contributed by atoms with Crippen LogP contribution in [0.1, 0.15) is 18.4 Å². The highest BCUT2D eigenvalue weighted by Gasteiger charge is 2.34. The van der Waals surface area contributed by atoms with Gasteiger partial charge in [-0.3, -0.25) is 0 Å². The van der Waals surface area contributed by atoms with Crippen LogP contribution in [0, 0.1) is 17.0 Å². The number of ether oxygens (including phenoxy) is 1. The van der Waals surface area contributed by atoms with Crippen molar-refractivity contribution >= 4 is 15.9 Å². The van der Waals surface area contributed by atoms with Gasteiger partial charge in [-0.1, -0.05) is 0 Å². The molecular weight excluding hydrogens is 306 g/mol. The van der Waals surface area contributed by atoms with Crippen LogP contribution in [0.15, 0.2) is 16.6 Å². The Morgan fingerprint density at radius 1 is 1.28 bits per heavy atom.